The summed E-state index contributed by atoms with van der Waals surface area (Å²) >= 11 is 0. The number of halogens is 6. The molecule has 0 spiro atoms. The Hall–Kier alpha value is -11.8. The van der Waals surface area contributed by atoms with E-state index in [0.29, 0.717) is 110 Å². The van der Waals surface area contributed by atoms with Crippen LogP contribution in [0.3, 0.4) is 0 Å². The van der Waals surface area contributed by atoms with E-state index >= 15 is 0 Å². The first-order chi connectivity index (χ1) is 50.4. The molecule has 6 aliphatic rings. The van der Waals surface area contributed by atoms with E-state index in [4.69, 9.17) is 14.3 Å². The number of hydrogen-bond donors (Lipinski definition) is 6. The van der Waals surface area contributed by atoms with Gasteiger partial charge in [0.2, 0.25) is 0 Å². The second kappa shape index (κ2) is 30.3. The number of fused-ring (bicyclic) bond motifs is 13. The molecular weight excluding hydrogens is 1380 g/mol. The number of ketones is 3. The first-order valence-corrected chi connectivity index (χ1v) is 33.7. The fraction of sp³-hybridized carbons (Fsp3) is 0.357. The van der Waals surface area contributed by atoms with Crippen LogP contribution in [0.4, 0.5) is 92.7 Å². The number of aliphatic hydroxyl groups excluding tert-OH is 2. The van der Waals surface area contributed by atoms with Crippen molar-refractivity contribution in [2.75, 3.05) is 97.8 Å². The predicted molar refractivity (Wildman–Crippen MR) is 371 cm³/mol. The summed E-state index contributed by atoms with van der Waals surface area (Å²) in [7, 11) is 0. The third kappa shape index (κ3) is 16.4. The van der Waals surface area contributed by atoms with E-state index in [1.54, 1.807) is 60.6 Å². The van der Waals surface area contributed by atoms with Crippen molar-refractivity contribution in [2.45, 2.75) is 102 Å². The Balaban J connectivity index is 0.000000140. The van der Waals surface area contributed by atoms with Gasteiger partial charge in [-0.25, -0.2) is 54.3 Å². The number of ether oxygens (including phenoxy) is 1. The second-order valence-corrected chi connectivity index (χ2v) is 25.8. The van der Waals surface area contributed by atoms with Crippen molar-refractivity contribution >= 4 is 98.3 Å². The van der Waals surface area contributed by atoms with Crippen LogP contribution >= 0.6 is 0 Å². The molecule has 6 aliphatic heterocycles. The van der Waals surface area contributed by atoms with Gasteiger partial charge in [-0.2, -0.15) is 31.4 Å². The quantitative estimate of drug-likeness (QED) is 0.0343. The van der Waals surface area contributed by atoms with E-state index < -0.39 is 79.9 Å². The molecule has 0 aliphatic carbocycles. The molecular formula is C70H69F6N19O10. The van der Waals surface area contributed by atoms with E-state index in [1.807, 2.05) is 41.3 Å². The number of benzene rings is 1. The molecule has 105 heavy (non-hydrogen) atoms. The van der Waals surface area contributed by atoms with Gasteiger partial charge in [-0.05, 0) is 79.8 Å². The Morgan fingerprint density at radius 3 is 1.69 bits per heavy atom. The number of aromatic amines is 1. The molecule has 0 saturated carbocycles. The van der Waals surface area contributed by atoms with E-state index in [9.17, 15) is 60.2 Å². The van der Waals surface area contributed by atoms with Gasteiger partial charge in [-0.1, -0.05) is 37.3 Å². The molecule has 546 valence electrons. The topological polar surface area (TPSA) is 353 Å². The largest absolute Gasteiger partial charge is 0.491 e. The molecule has 9 aromatic rings. The van der Waals surface area contributed by atoms with Gasteiger partial charge in [0.05, 0.1) is 78.2 Å². The van der Waals surface area contributed by atoms with E-state index in [2.05, 4.69) is 75.8 Å². The van der Waals surface area contributed by atoms with Crippen molar-refractivity contribution in [1.29, 1.82) is 0 Å². The predicted octanol–water partition coefficient (Wildman–Crippen LogP) is 10.4. The molecule has 3 fully saturated rings. The molecule has 29 nitrogen and oxygen atoms in total. The lowest BCUT2D eigenvalue weighted by Gasteiger charge is -2.35. The zero-order valence-electron chi connectivity index (χ0n) is 56.4. The normalized spacial score (nSPS) is 17.3. The van der Waals surface area contributed by atoms with E-state index in [-0.39, 0.29) is 65.2 Å². The van der Waals surface area contributed by atoms with Gasteiger partial charge >= 0.3 is 30.4 Å². The smallest absolute Gasteiger partial charge is 0.391 e. The minimum absolute atomic E-state index is 0.0727. The van der Waals surface area contributed by atoms with Crippen LogP contribution in [0.5, 0.6) is 5.75 Å². The number of oxazole rings is 1. The summed E-state index contributed by atoms with van der Waals surface area (Å²) in [5, 5.41) is 34.3. The Morgan fingerprint density at radius 1 is 0.629 bits per heavy atom. The number of hydrogen-bond acceptors (Lipinski definition) is 22. The van der Waals surface area contributed by atoms with Crippen molar-refractivity contribution in [3.05, 3.63) is 151 Å². The fourth-order valence-electron chi connectivity index (χ4n) is 13.1. The molecule has 1 aromatic carbocycles. The average molecular weight is 1450 g/mol. The summed E-state index contributed by atoms with van der Waals surface area (Å²) in [6.07, 6.45) is -2.01. The Bertz CT molecular complexity index is 4740. The maximum atomic E-state index is 13.5. The highest BCUT2D eigenvalue weighted by atomic mass is 19.4. The number of aliphatic hydroxyl groups is 2. The minimum atomic E-state index is -4.47. The van der Waals surface area contributed by atoms with Gasteiger partial charge in [0, 0.05) is 89.2 Å². The Kier molecular flexibility index (Phi) is 20.7. The number of anilines is 9. The van der Waals surface area contributed by atoms with E-state index in [1.165, 1.54) is 46.7 Å². The second-order valence-electron chi connectivity index (χ2n) is 25.8. The van der Waals surface area contributed by atoms with Gasteiger partial charge in [0.15, 0.2) is 46.5 Å². The molecule has 15 rings (SSSR count). The molecule has 6 amide bonds. The zero-order valence-corrected chi connectivity index (χ0v) is 56.4. The number of amides is 6. The average Bonchev–Trinajstić information content (AvgIpc) is 1.72. The summed E-state index contributed by atoms with van der Waals surface area (Å²) in [6.45, 7) is 6.24. The van der Waals surface area contributed by atoms with Crippen LogP contribution in [-0.2, 0) is 6.42 Å². The molecule has 6 N–H and O–H groups in total. The van der Waals surface area contributed by atoms with Gasteiger partial charge in [0.25, 0.3) is 0 Å². The third-order valence-electron chi connectivity index (χ3n) is 18.5. The standard InChI is InChI=1S/C27H29N5O5.C22H20F3N7O3.C21H20F3N7O2/c33-16-20(34)17-37-21-10-12-28-25(14-21)30-27(36)32-19-11-13-31(15-19)23-8-7-22(29-26(23)32)24(35)9-6-18-4-2-1-3-5-18;1-12-26-9-18(35-12)15-8-19(28-11-27-15)30-21(34)32-13-5-7-31(10-13)16-3-2-14(29-20(16)32)17(33)4-6-22(23,24)25;1-11(21(22,23)24)6-17(32)14-2-3-16-19(27-14)31(13-4-5-30(16)10-13)20(33)28-18-7-12-8-26-29-15(12)9-25-18/h1-5,7-8,10,12,14,19-20,33-34H,6,9,11,13,15-17H2,(H,28,30,36);2-3,8-9,11,13H,4-7,10H2,1H3,(H,27,28,30,34);2-3,7-9,11,13H,4-6,10H2,1H3,(H,26,29)(H,25,28,33)/t19-,20+;13-;11-,13-/m000/s1. The summed E-state index contributed by atoms with van der Waals surface area (Å²) in [5.41, 5.74) is 4.50. The molecule has 3 saturated heterocycles. The third-order valence-corrected chi connectivity index (χ3v) is 18.5. The van der Waals surface area contributed by atoms with Crippen LogP contribution in [0.1, 0.15) is 94.8 Å². The first-order valence-electron chi connectivity index (χ1n) is 33.7. The summed E-state index contributed by atoms with van der Waals surface area (Å²) in [6, 6.07) is 24.0. The number of nitrogens with zero attached hydrogens (tertiary/aromatic N) is 15. The van der Waals surface area contributed by atoms with E-state index in [0.717, 1.165) is 42.0 Å². The number of aromatic nitrogens is 10. The van der Waals surface area contributed by atoms with Crippen LogP contribution in [-0.4, -0.2) is 185 Å². The van der Waals surface area contributed by atoms with Crippen molar-refractivity contribution < 1.29 is 74.5 Å². The molecule has 0 radical (unpaired) electrons. The highest BCUT2D eigenvalue weighted by molar-refractivity contribution is 6.08. The molecule has 0 unspecified atom stereocenters. The molecule has 14 heterocycles. The SMILES string of the molecule is C[C@@H](CC(=O)c1ccc2c(n1)N(C(=O)Nc1cc3cn[nH]c3cn1)[C@H]1CCN2C1)C(F)(F)F.Cc1ncc(-c2cc(NC(=O)N3c4nc(C(=O)CCC(F)(F)F)ccc4N4CC[C@H]3C4)ncn2)o1.O=C(CCc1ccccc1)c1ccc2c(n1)N(C(=O)Nc1cc(OC[C@H](O)CO)ccn1)[C@H]1CCN2C1. The molecule has 8 aromatic heterocycles. The van der Waals surface area contributed by atoms with Gasteiger partial charge in [-0.3, -0.25) is 50.1 Å². The number of urea groups is 3. The molecule has 35 heteroatoms. The Labute approximate surface area is 594 Å². The van der Waals surface area contributed by atoms with Crippen molar-refractivity contribution in [3.8, 4) is 17.2 Å². The number of Topliss-reactive ketones (excluding diaryl/α,β-unsaturated/α-hetero) is 3. The lowest BCUT2D eigenvalue weighted by atomic mass is 10.0. The summed E-state index contributed by atoms with van der Waals surface area (Å²) in [5.74, 6) is -0.264. The van der Waals surface area contributed by atoms with Crippen LogP contribution in [0.2, 0.25) is 0 Å². The zero-order chi connectivity index (χ0) is 73.8. The number of rotatable bonds is 18. The lowest BCUT2D eigenvalue weighted by Crippen LogP contribution is -2.48. The summed E-state index contributed by atoms with van der Waals surface area (Å²) in [4.78, 5) is 123. The minimum Gasteiger partial charge on any atom is -0.491 e. The number of pyridine rings is 5. The maximum Gasteiger partial charge on any atom is 0.391 e. The number of aryl methyl sites for hydroxylation is 2. The van der Waals surface area contributed by atoms with Crippen molar-refractivity contribution in [2.24, 2.45) is 5.92 Å². The summed E-state index contributed by atoms with van der Waals surface area (Å²) < 4.78 is 87.4. The van der Waals surface area contributed by atoms with Gasteiger partial charge in [-0.15, -0.1) is 0 Å². The molecule has 6 bridgehead atoms. The number of nitrogens with one attached hydrogen (secondary N) is 4. The monoisotopic (exact) mass is 1450 g/mol. The highest BCUT2D eigenvalue weighted by Gasteiger charge is 2.45. The number of H-pyrrole nitrogens is 1. The fourth-order valence-corrected chi connectivity index (χ4v) is 13.1. The van der Waals surface area contributed by atoms with Crippen LogP contribution in [0.25, 0.3) is 22.4 Å². The van der Waals surface area contributed by atoms with Crippen molar-refractivity contribution in [3.63, 3.8) is 0 Å². The van der Waals surface area contributed by atoms with Crippen molar-refractivity contribution in [1.82, 2.24) is 50.1 Å². The lowest BCUT2D eigenvalue weighted by molar-refractivity contribution is -0.168. The van der Waals surface area contributed by atoms with Crippen LogP contribution in [0.15, 0.2) is 127 Å². The maximum absolute atomic E-state index is 13.5. The van der Waals surface area contributed by atoms with Gasteiger partial charge < -0.3 is 34.1 Å². The number of alkyl halides is 6. The van der Waals surface area contributed by atoms with Crippen LogP contribution < -0.4 is 50.1 Å². The highest BCUT2D eigenvalue weighted by Crippen LogP contribution is 2.43. The number of carbonyl (C=O) groups is 6. The van der Waals surface area contributed by atoms with Crippen LogP contribution in [0, 0.1) is 12.8 Å². The number of carbonyl (C=O) groups excluding carboxylic acids is 6. The Morgan fingerprint density at radius 2 is 1.16 bits per heavy atom. The first kappa shape index (κ1) is 71.6. The molecule has 5 atom stereocenters. The van der Waals surface area contributed by atoms with Gasteiger partial charge in [0.1, 0.15) is 65.0 Å².